The van der Waals surface area contributed by atoms with Gasteiger partial charge in [-0.3, -0.25) is 19.3 Å². The molecule has 158 valence electrons. The monoisotopic (exact) mass is 412 g/mol. The van der Waals surface area contributed by atoms with Gasteiger partial charge in [0.25, 0.3) is 0 Å². The molecule has 0 saturated carbocycles. The number of rotatable bonds is 6. The van der Waals surface area contributed by atoms with E-state index in [9.17, 15) is 18.8 Å². The zero-order valence-electron chi connectivity index (χ0n) is 16.8. The van der Waals surface area contributed by atoms with E-state index in [1.165, 1.54) is 31.2 Å². The van der Waals surface area contributed by atoms with Crippen molar-refractivity contribution in [2.24, 2.45) is 5.92 Å². The van der Waals surface area contributed by atoms with Crippen LogP contribution in [0, 0.1) is 11.7 Å². The molecule has 0 bridgehead atoms. The number of hydrogen-bond acceptors (Lipinski definition) is 4. The van der Waals surface area contributed by atoms with Crippen LogP contribution in [-0.2, 0) is 14.4 Å². The van der Waals surface area contributed by atoms with E-state index < -0.39 is 0 Å². The number of hydrogen-bond donors (Lipinski definition) is 3. The number of nitrogens with one attached hydrogen (secondary N) is 3. The van der Waals surface area contributed by atoms with Gasteiger partial charge >= 0.3 is 0 Å². The van der Waals surface area contributed by atoms with Crippen LogP contribution in [0.1, 0.15) is 19.8 Å². The van der Waals surface area contributed by atoms with Crippen molar-refractivity contribution >= 4 is 34.8 Å². The first kappa shape index (κ1) is 21.4. The van der Waals surface area contributed by atoms with Gasteiger partial charge in [0, 0.05) is 29.9 Å². The largest absolute Gasteiger partial charge is 0.326 e. The van der Waals surface area contributed by atoms with Crippen LogP contribution in [0.4, 0.5) is 21.5 Å². The van der Waals surface area contributed by atoms with Gasteiger partial charge in [0.05, 0.1) is 6.54 Å². The van der Waals surface area contributed by atoms with E-state index in [1.54, 1.807) is 24.3 Å². The topological polar surface area (TPSA) is 90.5 Å². The fraction of sp³-hybridized carbons (Fsp3) is 0.318. The Labute approximate surface area is 174 Å². The van der Waals surface area contributed by atoms with Crippen molar-refractivity contribution in [3.63, 3.8) is 0 Å². The average molecular weight is 412 g/mol. The predicted molar refractivity (Wildman–Crippen MR) is 114 cm³/mol. The van der Waals surface area contributed by atoms with Gasteiger partial charge in [-0.1, -0.05) is 6.07 Å². The average Bonchev–Trinajstić information content (AvgIpc) is 2.70. The van der Waals surface area contributed by atoms with E-state index in [4.69, 9.17) is 0 Å². The third-order valence-electron chi connectivity index (χ3n) is 4.90. The summed E-state index contributed by atoms with van der Waals surface area (Å²) in [4.78, 5) is 37.9. The molecular formula is C22H25FN4O3. The quantitative estimate of drug-likeness (QED) is 0.680. The van der Waals surface area contributed by atoms with Gasteiger partial charge in [-0.2, -0.15) is 0 Å². The number of benzene rings is 2. The summed E-state index contributed by atoms with van der Waals surface area (Å²) >= 11 is 0. The molecule has 7 nitrogen and oxygen atoms in total. The van der Waals surface area contributed by atoms with Gasteiger partial charge in [0.1, 0.15) is 5.82 Å². The summed E-state index contributed by atoms with van der Waals surface area (Å²) in [6.45, 7) is 2.94. The minimum atomic E-state index is -0.352. The molecular weight excluding hydrogens is 387 g/mol. The summed E-state index contributed by atoms with van der Waals surface area (Å²) in [6, 6.07) is 12.6. The third-order valence-corrected chi connectivity index (χ3v) is 4.90. The number of likely N-dealkylation sites (tertiary alicyclic amines) is 1. The second kappa shape index (κ2) is 9.98. The van der Waals surface area contributed by atoms with Gasteiger partial charge in [-0.15, -0.1) is 0 Å². The predicted octanol–water partition coefficient (Wildman–Crippen LogP) is 3.07. The highest BCUT2D eigenvalue weighted by Gasteiger charge is 2.26. The number of piperidine rings is 1. The Balaban J connectivity index is 1.44. The normalized spacial score (nSPS) is 14.7. The van der Waals surface area contributed by atoms with E-state index in [-0.39, 0.29) is 36.0 Å². The summed E-state index contributed by atoms with van der Waals surface area (Å²) in [5.41, 5.74) is 1.81. The molecule has 0 spiro atoms. The van der Waals surface area contributed by atoms with E-state index in [2.05, 4.69) is 16.0 Å². The number of carbonyl (C=O) groups is 3. The molecule has 1 saturated heterocycles. The first-order valence-electron chi connectivity index (χ1n) is 9.85. The van der Waals surface area contributed by atoms with Crippen molar-refractivity contribution in [1.82, 2.24) is 4.90 Å². The third kappa shape index (κ3) is 6.38. The summed E-state index contributed by atoms with van der Waals surface area (Å²) < 4.78 is 12.9. The summed E-state index contributed by atoms with van der Waals surface area (Å²) in [5.74, 6) is -0.889. The van der Waals surface area contributed by atoms with Crippen molar-refractivity contribution in [3.05, 3.63) is 54.3 Å². The minimum absolute atomic E-state index is 0.0645. The van der Waals surface area contributed by atoms with Crippen molar-refractivity contribution in [2.45, 2.75) is 19.8 Å². The van der Waals surface area contributed by atoms with Crippen molar-refractivity contribution in [1.29, 1.82) is 0 Å². The highest BCUT2D eigenvalue weighted by atomic mass is 19.1. The smallest absolute Gasteiger partial charge is 0.238 e. The molecule has 3 amide bonds. The maximum Gasteiger partial charge on any atom is 0.238 e. The zero-order valence-corrected chi connectivity index (χ0v) is 16.8. The zero-order chi connectivity index (χ0) is 21.5. The Hall–Kier alpha value is -3.26. The van der Waals surface area contributed by atoms with Crippen LogP contribution in [0.2, 0.25) is 0 Å². The lowest BCUT2D eigenvalue weighted by molar-refractivity contribution is -0.121. The van der Waals surface area contributed by atoms with Gasteiger partial charge in [0.2, 0.25) is 17.7 Å². The van der Waals surface area contributed by atoms with Gasteiger partial charge in [-0.05, 0) is 68.4 Å². The van der Waals surface area contributed by atoms with Gasteiger partial charge in [0.15, 0.2) is 0 Å². The molecule has 2 aromatic carbocycles. The molecule has 30 heavy (non-hydrogen) atoms. The first-order valence-corrected chi connectivity index (χ1v) is 9.85. The molecule has 0 aliphatic carbocycles. The van der Waals surface area contributed by atoms with E-state index >= 15 is 0 Å². The fourth-order valence-electron chi connectivity index (χ4n) is 3.41. The number of carbonyl (C=O) groups excluding carboxylic acids is 3. The van der Waals surface area contributed by atoms with Crippen LogP contribution in [0.3, 0.4) is 0 Å². The number of anilines is 3. The van der Waals surface area contributed by atoms with Crippen molar-refractivity contribution < 1.29 is 18.8 Å². The standard InChI is InChI=1S/C22H25FN4O3/c1-15(28)24-19-3-2-4-20(13-19)26-22(30)16-9-11-27(12-10-16)14-21(29)25-18-7-5-17(23)6-8-18/h2-8,13,16H,9-12,14H2,1H3,(H,24,28)(H,25,29)(H,26,30). The fourth-order valence-corrected chi connectivity index (χ4v) is 3.41. The molecule has 0 radical (unpaired) electrons. The highest BCUT2D eigenvalue weighted by molar-refractivity contribution is 5.95. The van der Waals surface area contributed by atoms with E-state index in [0.717, 1.165) is 0 Å². The molecule has 3 rings (SSSR count). The Morgan fingerprint density at radius 3 is 2.20 bits per heavy atom. The Kier molecular flexibility index (Phi) is 7.13. The van der Waals surface area contributed by atoms with Gasteiger partial charge in [-0.25, -0.2) is 4.39 Å². The second-order valence-corrected chi connectivity index (χ2v) is 7.36. The van der Waals surface area contributed by atoms with Crippen LogP contribution in [0.15, 0.2) is 48.5 Å². The molecule has 1 heterocycles. The van der Waals surface area contributed by atoms with Crippen molar-refractivity contribution in [3.8, 4) is 0 Å². The van der Waals surface area contributed by atoms with E-state index in [0.29, 0.717) is 43.0 Å². The maximum absolute atomic E-state index is 12.9. The molecule has 1 fully saturated rings. The SMILES string of the molecule is CC(=O)Nc1cccc(NC(=O)C2CCN(CC(=O)Nc3ccc(F)cc3)CC2)c1. The summed E-state index contributed by atoms with van der Waals surface area (Å²) in [5, 5.41) is 8.33. The minimum Gasteiger partial charge on any atom is -0.326 e. The Bertz CT molecular complexity index is 909. The lowest BCUT2D eigenvalue weighted by Crippen LogP contribution is -2.41. The molecule has 1 aliphatic heterocycles. The molecule has 0 aromatic heterocycles. The highest BCUT2D eigenvalue weighted by Crippen LogP contribution is 2.21. The number of nitrogens with zero attached hydrogens (tertiary/aromatic N) is 1. The van der Waals surface area contributed by atoms with Crippen molar-refractivity contribution in [2.75, 3.05) is 35.6 Å². The van der Waals surface area contributed by atoms with Crippen LogP contribution >= 0.6 is 0 Å². The first-order chi connectivity index (χ1) is 14.4. The Morgan fingerprint density at radius 2 is 1.57 bits per heavy atom. The Morgan fingerprint density at radius 1 is 0.933 bits per heavy atom. The molecule has 8 heteroatoms. The molecule has 1 aliphatic rings. The summed E-state index contributed by atoms with van der Waals surface area (Å²) in [6.07, 6.45) is 1.31. The van der Waals surface area contributed by atoms with Crippen LogP contribution in [0.25, 0.3) is 0 Å². The van der Waals surface area contributed by atoms with Crippen LogP contribution in [0.5, 0.6) is 0 Å². The lowest BCUT2D eigenvalue weighted by atomic mass is 9.95. The molecule has 2 aromatic rings. The van der Waals surface area contributed by atoms with Crippen LogP contribution < -0.4 is 16.0 Å². The maximum atomic E-state index is 12.9. The van der Waals surface area contributed by atoms with E-state index in [1.807, 2.05) is 4.90 Å². The number of amides is 3. The second-order valence-electron chi connectivity index (χ2n) is 7.36. The molecule has 0 atom stereocenters. The van der Waals surface area contributed by atoms with Gasteiger partial charge < -0.3 is 16.0 Å². The van der Waals surface area contributed by atoms with Crippen LogP contribution in [-0.4, -0.2) is 42.3 Å². The molecule has 3 N–H and O–H groups in total. The number of halogens is 1. The lowest BCUT2D eigenvalue weighted by Gasteiger charge is -2.30. The molecule has 0 unspecified atom stereocenters. The summed E-state index contributed by atoms with van der Waals surface area (Å²) in [7, 11) is 0.